The second-order valence-corrected chi connectivity index (χ2v) is 9.48. The molecule has 0 amide bonds. The lowest BCUT2D eigenvalue weighted by Crippen LogP contribution is -2.34. The third-order valence-corrected chi connectivity index (χ3v) is 5.81. The summed E-state index contributed by atoms with van der Waals surface area (Å²) in [6.07, 6.45) is 3.67. The molecular weight excluding hydrogens is 342 g/mol. The molecule has 0 bridgehead atoms. The lowest BCUT2D eigenvalue weighted by molar-refractivity contribution is 0.446. The molecule has 7 heteroatoms. The number of aryl methyl sites for hydroxylation is 1. The van der Waals surface area contributed by atoms with Gasteiger partial charge in [0.25, 0.3) is 0 Å². The number of hydrogen-bond acceptors (Lipinski definition) is 5. The van der Waals surface area contributed by atoms with Crippen molar-refractivity contribution in [2.45, 2.75) is 26.7 Å². The summed E-state index contributed by atoms with van der Waals surface area (Å²) in [5.74, 6) is 0.716. The van der Waals surface area contributed by atoms with Crippen LogP contribution in [0.25, 0.3) is 11.3 Å². The fraction of sp³-hybridized carbons (Fsp3) is 0.471. The van der Waals surface area contributed by atoms with E-state index in [1.165, 1.54) is 17.7 Å². The minimum Gasteiger partial charge on any atom is -0.348 e. The van der Waals surface area contributed by atoms with Crippen molar-refractivity contribution < 1.29 is 8.42 Å². The summed E-state index contributed by atoms with van der Waals surface area (Å²) in [6.45, 7) is 6.53. The lowest BCUT2D eigenvalue weighted by atomic mass is 10.0. The second kappa shape index (κ2) is 6.72. The van der Waals surface area contributed by atoms with Crippen LogP contribution in [0.15, 0.2) is 24.3 Å². The van der Waals surface area contributed by atoms with Gasteiger partial charge in [0.15, 0.2) is 5.13 Å². The van der Waals surface area contributed by atoms with Crippen LogP contribution in [-0.2, 0) is 10.0 Å². The maximum absolute atomic E-state index is 11.3. The number of benzene rings is 1. The molecule has 24 heavy (non-hydrogen) atoms. The Kier molecular flexibility index (Phi) is 4.83. The highest BCUT2D eigenvalue weighted by Gasteiger charge is 2.20. The first-order valence-corrected chi connectivity index (χ1v) is 10.8. The van der Waals surface area contributed by atoms with Crippen LogP contribution in [0.2, 0.25) is 0 Å². The summed E-state index contributed by atoms with van der Waals surface area (Å²) in [7, 11) is -3.25. The van der Waals surface area contributed by atoms with Gasteiger partial charge in [-0.25, -0.2) is 13.4 Å². The van der Waals surface area contributed by atoms with Crippen LogP contribution in [0.1, 0.15) is 24.6 Å². The maximum atomic E-state index is 11.3. The number of hydrogen-bond donors (Lipinski definition) is 1. The van der Waals surface area contributed by atoms with Gasteiger partial charge in [-0.05, 0) is 37.8 Å². The molecule has 1 aromatic carbocycles. The molecule has 1 aromatic heterocycles. The molecule has 0 unspecified atom stereocenters. The first-order valence-electron chi connectivity index (χ1n) is 8.12. The average molecular weight is 366 g/mol. The van der Waals surface area contributed by atoms with E-state index in [0.717, 1.165) is 35.7 Å². The van der Waals surface area contributed by atoms with Crippen molar-refractivity contribution in [3.63, 3.8) is 0 Å². The van der Waals surface area contributed by atoms with Crippen LogP contribution in [0.3, 0.4) is 0 Å². The normalized spacial score (nSPS) is 18.6. The van der Waals surface area contributed by atoms with E-state index in [1.54, 1.807) is 23.5 Å². The van der Waals surface area contributed by atoms with Crippen LogP contribution in [0, 0.1) is 12.8 Å². The Morgan fingerprint density at radius 3 is 2.62 bits per heavy atom. The van der Waals surface area contributed by atoms with E-state index < -0.39 is 10.0 Å². The Balaban J connectivity index is 1.82. The number of aromatic nitrogens is 1. The van der Waals surface area contributed by atoms with Crippen LogP contribution < -0.4 is 9.62 Å². The SMILES string of the molecule is Cc1sc(N2CCC[C@@H](C)C2)nc1-c1ccc(NS(C)(=O)=O)cc1. The number of nitrogens with one attached hydrogen (secondary N) is 1. The molecule has 1 fully saturated rings. The van der Waals surface area contributed by atoms with Crippen molar-refractivity contribution in [3.8, 4) is 11.3 Å². The zero-order chi connectivity index (χ0) is 17.3. The quantitative estimate of drug-likeness (QED) is 0.897. The number of anilines is 2. The van der Waals surface area contributed by atoms with E-state index in [-0.39, 0.29) is 0 Å². The highest BCUT2D eigenvalue weighted by atomic mass is 32.2. The maximum Gasteiger partial charge on any atom is 0.229 e. The highest BCUT2D eigenvalue weighted by Crippen LogP contribution is 2.34. The Hall–Kier alpha value is -1.60. The molecule has 5 nitrogen and oxygen atoms in total. The van der Waals surface area contributed by atoms with Crippen molar-refractivity contribution in [1.29, 1.82) is 0 Å². The molecule has 130 valence electrons. The molecule has 0 spiro atoms. The fourth-order valence-electron chi connectivity index (χ4n) is 3.06. The average Bonchev–Trinajstić information content (AvgIpc) is 2.88. The smallest absolute Gasteiger partial charge is 0.229 e. The zero-order valence-electron chi connectivity index (χ0n) is 14.2. The number of nitrogens with zero attached hydrogens (tertiary/aromatic N) is 2. The lowest BCUT2D eigenvalue weighted by Gasteiger charge is -2.30. The van der Waals surface area contributed by atoms with Gasteiger partial charge in [-0.15, -0.1) is 11.3 Å². The molecule has 1 aliphatic rings. The van der Waals surface area contributed by atoms with E-state index in [1.807, 2.05) is 12.1 Å². The van der Waals surface area contributed by atoms with Gasteiger partial charge in [0.2, 0.25) is 10.0 Å². The summed E-state index contributed by atoms with van der Waals surface area (Å²) < 4.78 is 25.1. The largest absolute Gasteiger partial charge is 0.348 e. The molecular formula is C17H23N3O2S2. The third kappa shape index (κ3) is 4.08. The van der Waals surface area contributed by atoms with E-state index in [0.29, 0.717) is 11.6 Å². The first kappa shape index (κ1) is 17.2. The Labute approximate surface area is 147 Å². The summed E-state index contributed by atoms with van der Waals surface area (Å²) in [6, 6.07) is 7.38. The van der Waals surface area contributed by atoms with Crippen molar-refractivity contribution in [2.24, 2.45) is 5.92 Å². The third-order valence-electron chi connectivity index (χ3n) is 4.17. The van der Waals surface area contributed by atoms with Crippen molar-refractivity contribution >= 4 is 32.2 Å². The van der Waals surface area contributed by atoms with Crippen LogP contribution >= 0.6 is 11.3 Å². The highest BCUT2D eigenvalue weighted by molar-refractivity contribution is 7.92. The van der Waals surface area contributed by atoms with Gasteiger partial charge in [-0.3, -0.25) is 4.72 Å². The second-order valence-electron chi connectivity index (χ2n) is 6.55. The molecule has 2 aromatic rings. The first-order chi connectivity index (χ1) is 11.3. The summed E-state index contributed by atoms with van der Waals surface area (Å²) in [4.78, 5) is 8.42. The van der Waals surface area contributed by atoms with Gasteiger partial charge in [-0.2, -0.15) is 0 Å². The molecule has 1 N–H and O–H groups in total. The topological polar surface area (TPSA) is 62.3 Å². The molecule has 1 saturated heterocycles. The minimum atomic E-state index is -3.25. The van der Waals surface area contributed by atoms with E-state index in [4.69, 9.17) is 4.98 Å². The predicted octanol–water partition coefficient (Wildman–Crippen LogP) is 3.73. The van der Waals surface area contributed by atoms with E-state index in [9.17, 15) is 8.42 Å². The monoisotopic (exact) mass is 365 g/mol. The van der Waals surface area contributed by atoms with E-state index in [2.05, 4.69) is 23.5 Å². The number of sulfonamides is 1. The Morgan fingerprint density at radius 1 is 1.29 bits per heavy atom. The van der Waals surface area contributed by atoms with Gasteiger partial charge in [0, 0.05) is 29.2 Å². The van der Waals surface area contributed by atoms with Crippen LogP contribution in [0.4, 0.5) is 10.8 Å². The molecule has 0 aliphatic carbocycles. The predicted molar refractivity (Wildman–Crippen MR) is 101 cm³/mol. The molecule has 0 saturated carbocycles. The number of rotatable bonds is 4. The summed E-state index contributed by atoms with van der Waals surface area (Å²) in [5, 5.41) is 1.09. The van der Waals surface area contributed by atoms with Gasteiger partial charge in [0.05, 0.1) is 11.9 Å². The van der Waals surface area contributed by atoms with Crippen LogP contribution in [-0.4, -0.2) is 32.7 Å². The molecule has 1 aliphatic heterocycles. The van der Waals surface area contributed by atoms with Gasteiger partial charge in [-0.1, -0.05) is 19.1 Å². The van der Waals surface area contributed by atoms with Gasteiger partial charge < -0.3 is 4.90 Å². The molecule has 2 heterocycles. The van der Waals surface area contributed by atoms with Crippen molar-refractivity contribution in [3.05, 3.63) is 29.1 Å². The minimum absolute atomic E-state index is 0.569. The standard InChI is InChI=1S/C17H23N3O2S2/c1-12-5-4-10-20(11-12)17-18-16(13(2)23-17)14-6-8-15(9-7-14)19-24(3,21)22/h6-9,12,19H,4-5,10-11H2,1-3H3/t12-/m1/s1. The van der Waals surface area contributed by atoms with Crippen LogP contribution in [0.5, 0.6) is 0 Å². The Morgan fingerprint density at radius 2 is 2.00 bits per heavy atom. The molecule has 1 atom stereocenters. The number of piperidine rings is 1. The van der Waals surface area contributed by atoms with E-state index >= 15 is 0 Å². The Bertz CT molecular complexity index is 813. The van der Waals surface area contributed by atoms with Gasteiger partial charge >= 0.3 is 0 Å². The summed E-state index contributed by atoms with van der Waals surface area (Å²) in [5.41, 5.74) is 2.57. The molecule has 3 rings (SSSR count). The number of thiazole rings is 1. The summed E-state index contributed by atoms with van der Waals surface area (Å²) >= 11 is 1.74. The van der Waals surface area contributed by atoms with Crippen molar-refractivity contribution in [1.82, 2.24) is 4.98 Å². The molecule has 0 radical (unpaired) electrons. The zero-order valence-corrected chi connectivity index (χ0v) is 15.9. The van der Waals surface area contributed by atoms with Gasteiger partial charge in [0.1, 0.15) is 0 Å². The fourth-order valence-corrected chi connectivity index (χ4v) is 4.59. The van der Waals surface area contributed by atoms with Crippen molar-refractivity contribution in [2.75, 3.05) is 29.0 Å².